The number of anilines is 1. The Morgan fingerprint density at radius 2 is 2.29 bits per heavy atom. The van der Waals surface area contributed by atoms with Crippen molar-refractivity contribution in [3.8, 4) is 6.07 Å². The molecule has 0 amide bonds. The van der Waals surface area contributed by atoms with E-state index in [1.165, 1.54) is 13.0 Å². The van der Waals surface area contributed by atoms with E-state index < -0.39 is 11.9 Å². The summed E-state index contributed by atoms with van der Waals surface area (Å²) in [6, 6.07) is 6.56. The second-order valence-electron chi connectivity index (χ2n) is 3.02. The maximum absolute atomic E-state index is 10.7. The summed E-state index contributed by atoms with van der Waals surface area (Å²) in [7, 11) is 0. The Hall–Kier alpha value is -2.02. The van der Waals surface area contributed by atoms with Crippen LogP contribution in [0.5, 0.6) is 0 Å². The average molecular weight is 190 g/mol. The highest BCUT2D eigenvalue weighted by molar-refractivity contribution is 5.78. The molecule has 0 spiro atoms. The smallest absolute Gasteiger partial charge is 0.310 e. The van der Waals surface area contributed by atoms with Gasteiger partial charge in [0.1, 0.15) is 0 Å². The lowest BCUT2D eigenvalue weighted by atomic mass is 9.97. The zero-order chi connectivity index (χ0) is 10.7. The van der Waals surface area contributed by atoms with E-state index in [0.717, 1.165) is 0 Å². The summed E-state index contributed by atoms with van der Waals surface area (Å²) in [6.07, 6.45) is 0. The average Bonchev–Trinajstić information content (AvgIpc) is 2.17. The van der Waals surface area contributed by atoms with Crippen LogP contribution in [0.2, 0.25) is 0 Å². The van der Waals surface area contributed by atoms with Crippen LogP contribution in [0.1, 0.15) is 24.0 Å². The third kappa shape index (κ3) is 1.83. The molecule has 1 aromatic carbocycles. The first-order chi connectivity index (χ1) is 6.56. The van der Waals surface area contributed by atoms with Crippen molar-refractivity contribution in [3.05, 3.63) is 29.3 Å². The highest BCUT2D eigenvalue weighted by atomic mass is 16.4. The first-order valence-corrected chi connectivity index (χ1v) is 4.08. The summed E-state index contributed by atoms with van der Waals surface area (Å²) >= 11 is 0. The predicted molar refractivity (Wildman–Crippen MR) is 51.6 cm³/mol. The Kier molecular flexibility index (Phi) is 2.73. The number of hydrogen-bond donors (Lipinski definition) is 2. The molecular formula is C10H10N2O2. The number of benzene rings is 1. The van der Waals surface area contributed by atoms with Crippen LogP contribution in [-0.4, -0.2) is 11.1 Å². The molecule has 4 nitrogen and oxygen atoms in total. The molecule has 3 N–H and O–H groups in total. The van der Waals surface area contributed by atoms with Crippen molar-refractivity contribution in [1.82, 2.24) is 0 Å². The molecule has 0 bridgehead atoms. The number of aliphatic carboxylic acids is 1. The standard InChI is InChI=1S/C10H10N2O2/c1-6(10(13)14)8-4-7(5-11)2-3-9(8)12/h2-4,6H,12H2,1H3,(H,13,14). The normalized spacial score (nSPS) is 11.7. The van der Waals surface area contributed by atoms with E-state index in [2.05, 4.69) is 0 Å². The Morgan fingerprint density at radius 3 is 2.79 bits per heavy atom. The van der Waals surface area contributed by atoms with Gasteiger partial charge in [-0.05, 0) is 30.7 Å². The van der Waals surface area contributed by atoms with Crippen molar-refractivity contribution >= 4 is 11.7 Å². The quantitative estimate of drug-likeness (QED) is 0.688. The molecule has 0 aliphatic rings. The second kappa shape index (κ2) is 3.79. The van der Waals surface area contributed by atoms with E-state index in [9.17, 15) is 4.79 Å². The third-order valence-electron chi connectivity index (χ3n) is 2.05. The van der Waals surface area contributed by atoms with Crippen molar-refractivity contribution in [2.75, 3.05) is 5.73 Å². The summed E-state index contributed by atoms with van der Waals surface area (Å²) in [6.45, 7) is 1.54. The Bertz CT molecular complexity index is 407. The van der Waals surface area contributed by atoms with E-state index in [-0.39, 0.29) is 0 Å². The van der Waals surface area contributed by atoms with Gasteiger partial charge in [-0.2, -0.15) is 5.26 Å². The number of carbonyl (C=O) groups is 1. The molecule has 0 saturated carbocycles. The van der Waals surface area contributed by atoms with Gasteiger partial charge < -0.3 is 10.8 Å². The zero-order valence-corrected chi connectivity index (χ0v) is 7.69. The molecule has 0 radical (unpaired) electrons. The molecule has 1 atom stereocenters. The summed E-state index contributed by atoms with van der Waals surface area (Å²) in [4.78, 5) is 10.7. The molecule has 1 rings (SSSR count). The SMILES string of the molecule is CC(C(=O)O)c1cc(C#N)ccc1N. The highest BCUT2D eigenvalue weighted by Gasteiger charge is 2.16. The topological polar surface area (TPSA) is 87.1 Å². The van der Waals surface area contributed by atoms with Crippen molar-refractivity contribution in [2.24, 2.45) is 0 Å². The first kappa shape index (κ1) is 10.1. The van der Waals surface area contributed by atoms with E-state index in [0.29, 0.717) is 16.8 Å². The Morgan fingerprint density at radius 1 is 1.64 bits per heavy atom. The lowest BCUT2D eigenvalue weighted by molar-refractivity contribution is -0.138. The number of nitrogens with two attached hydrogens (primary N) is 1. The van der Waals surface area contributed by atoms with Crippen LogP contribution in [0.15, 0.2) is 18.2 Å². The number of nitrogen functional groups attached to an aromatic ring is 1. The van der Waals surface area contributed by atoms with Gasteiger partial charge in [0.05, 0.1) is 17.6 Å². The van der Waals surface area contributed by atoms with Crippen molar-refractivity contribution in [1.29, 1.82) is 5.26 Å². The van der Waals surface area contributed by atoms with Gasteiger partial charge in [-0.15, -0.1) is 0 Å². The van der Waals surface area contributed by atoms with Crippen molar-refractivity contribution in [3.63, 3.8) is 0 Å². The molecule has 0 heterocycles. The van der Waals surface area contributed by atoms with Crippen LogP contribution >= 0.6 is 0 Å². The maximum Gasteiger partial charge on any atom is 0.310 e. The van der Waals surface area contributed by atoms with Gasteiger partial charge in [-0.1, -0.05) is 0 Å². The monoisotopic (exact) mass is 190 g/mol. The minimum absolute atomic E-state index is 0.402. The van der Waals surface area contributed by atoms with Crippen LogP contribution in [0.4, 0.5) is 5.69 Å². The fourth-order valence-electron chi connectivity index (χ4n) is 1.15. The third-order valence-corrected chi connectivity index (χ3v) is 2.05. The summed E-state index contributed by atoms with van der Waals surface area (Å²) in [5.74, 6) is -1.64. The first-order valence-electron chi connectivity index (χ1n) is 4.08. The molecule has 0 aromatic heterocycles. The largest absolute Gasteiger partial charge is 0.481 e. The van der Waals surface area contributed by atoms with Gasteiger partial charge >= 0.3 is 5.97 Å². The van der Waals surface area contributed by atoms with Crippen LogP contribution in [-0.2, 0) is 4.79 Å². The minimum Gasteiger partial charge on any atom is -0.481 e. The molecule has 1 aromatic rings. The van der Waals surface area contributed by atoms with Gasteiger partial charge in [0.2, 0.25) is 0 Å². The van der Waals surface area contributed by atoms with E-state index >= 15 is 0 Å². The molecule has 4 heteroatoms. The van der Waals surface area contributed by atoms with E-state index in [1.807, 2.05) is 6.07 Å². The zero-order valence-electron chi connectivity index (χ0n) is 7.69. The molecule has 14 heavy (non-hydrogen) atoms. The van der Waals surface area contributed by atoms with Gasteiger partial charge in [0, 0.05) is 5.69 Å². The van der Waals surface area contributed by atoms with Crippen LogP contribution in [0.3, 0.4) is 0 Å². The summed E-state index contributed by atoms with van der Waals surface area (Å²) < 4.78 is 0. The lowest BCUT2D eigenvalue weighted by Gasteiger charge is -2.09. The Balaban J connectivity index is 3.20. The molecule has 1 unspecified atom stereocenters. The molecular weight excluding hydrogens is 180 g/mol. The fraction of sp³-hybridized carbons (Fsp3) is 0.200. The second-order valence-corrected chi connectivity index (χ2v) is 3.02. The number of carboxylic acids is 1. The molecule has 0 aliphatic heterocycles. The van der Waals surface area contributed by atoms with Gasteiger partial charge in [0.15, 0.2) is 0 Å². The van der Waals surface area contributed by atoms with Gasteiger partial charge in [-0.25, -0.2) is 0 Å². The van der Waals surface area contributed by atoms with E-state index in [1.54, 1.807) is 12.1 Å². The molecule has 0 saturated heterocycles. The summed E-state index contributed by atoms with van der Waals surface area (Å²) in [5, 5.41) is 17.4. The van der Waals surface area contributed by atoms with Crippen LogP contribution < -0.4 is 5.73 Å². The fourth-order valence-corrected chi connectivity index (χ4v) is 1.15. The predicted octanol–water partition coefficient (Wildman–Crippen LogP) is 1.33. The Labute approximate surface area is 81.6 Å². The van der Waals surface area contributed by atoms with E-state index in [4.69, 9.17) is 16.1 Å². The lowest BCUT2D eigenvalue weighted by Crippen LogP contribution is -2.10. The van der Waals surface area contributed by atoms with Crippen molar-refractivity contribution < 1.29 is 9.90 Å². The van der Waals surface area contributed by atoms with Crippen molar-refractivity contribution in [2.45, 2.75) is 12.8 Å². The van der Waals surface area contributed by atoms with Gasteiger partial charge in [0.25, 0.3) is 0 Å². The molecule has 72 valence electrons. The maximum atomic E-state index is 10.7. The van der Waals surface area contributed by atoms with Crippen LogP contribution in [0.25, 0.3) is 0 Å². The number of nitriles is 1. The summed E-state index contributed by atoms with van der Waals surface area (Å²) in [5.41, 5.74) is 6.91. The number of carboxylic acid groups (broad SMARTS) is 1. The number of rotatable bonds is 2. The number of nitrogens with zero attached hydrogens (tertiary/aromatic N) is 1. The highest BCUT2D eigenvalue weighted by Crippen LogP contribution is 2.23. The molecule has 0 aliphatic carbocycles. The molecule has 0 fully saturated rings. The van der Waals surface area contributed by atoms with Crippen LogP contribution in [0, 0.1) is 11.3 Å². The van der Waals surface area contributed by atoms with Gasteiger partial charge in [-0.3, -0.25) is 4.79 Å². The minimum atomic E-state index is -0.952. The number of hydrogen-bond acceptors (Lipinski definition) is 3.